The first-order chi connectivity index (χ1) is 25.6. The van der Waals surface area contributed by atoms with E-state index >= 15 is 0 Å². The highest BCUT2D eigenvalue weighted by atomic mass is 16.5. The minimum atomic E-state index is 0.0323. The summed E-state index contributed by atoms with van der Waals surface area (Å²) in [6.07, 6.45) is 54.9. The van der Waals surface area contributed by atoms with Crippen LogP contribution >= 0.6 is 0 Å². The van der Waals surface area contributed by atoms with Crippen LogP contribution in [-0.2, 0) is 9.53 Å². The average Bonchev–Trinajstić information content (AvgIpc) is 3.14. The molecule has 0 aromatic heterocycles. The van der Waals surface area contributed by atoms with Crippen LogP contribution in [0.15, 0.2) is 0 Å². The van der Waals surface area contributed by atoms with Gasteiger partial charge in [-0.15, -0.1) is 0 Å². The molecule has 0 aliphatic carbocycles. The Labute approximate surface area is 330 Å². The highest BCUT2D eigenvalue weighted by Crippen LogP contribution is 2.18. The van der Waals surface area contributed by atoms with Crippen molar-refractivity contribution in [2.24, 2.45) is 0 Å². The van der Waals surface area contributed by atoms with Crippen LogP contribution in [0.3, 0.4) is 0 Å². The number of hydrogen-bond donors (Lipinski definition) is 0. The van der Waals surface area contributed by atoms with Gasteiger partial charge in [-0.1, -0.05) is 239 Å². The minimum Gasteiger partial charge on any atom is -0.460 e. The van der Waals surface area contributed by atoms with Crippen LogP contribution in [0.4, 0.5) is 0 Å². The third kappa shape index (κ3) is 40.6. The van der Waals surface area contributed by atoms with E-state index in [0.29, 0.717) is 13.0 Å². The Morgan fingerprint density at radius 1 is 0.327 bits per heavy atom. The summed E-state index contributed by atoms with van der Waals surface area (Å²) >= 11 is 0. The van der Waals surface area contributed by atoms with Crippen molar-refractivity contribution < 1.29 is 14.0 Å². The lowest BCUT2D eigenvalue weighted by Crippen LogP contribution is -2.48. The number of nitrogens with zero attached hydrogens (tertiary/aromatic N) is 1. The van der Waals surface area contributed by atoms with Crippen molar-refractivity contribution in [3.8, 4) is 0 Å². The molecule has 3 nitrogen and oxygen atoms in total. The Hall–Kier alpha value is -0.570. The second-order valence-electron chi connectivity index (χ2n) is 17.5. The number of carbonyl (C=O) groups is 1. The lowest BCUT2D eigenvalue weighted by Gasteiger charge is -2.34. The molecule has 0 N–H and O–H groups in total. The van der Waals surface area contributed by atoms with Crippen LogP contribution in [0, 0.1) is 0 Å². The maximum Gasteiger partial charge on any atom is 0.305 e. The van der Waals surface area contributed by atoms with Gasteiger partial charge in [0.1, 0.15) is 13.2 Å². The van der Waals surface area contributed by atoms with Crippen LogP contribution in [0.5, 0.6) is 0 Å². The fourth-order valence-corrected chi connectivity index (χ4v) is 8.10. The molecule has 0 aromatic carbocycles. The van der Waals surface area contributed by atoms with Crippen LogP contribution in [0.1, 0.15) is 278 Å². The predicted octanol–water partition coefficient (Wildman–Crippen LogP) is 16.6. The number of rotatable bonds is 45. The largest absolute Gasteiger partial charge is 0.460 e. The van der Waals surface area contributed by atoms with Crippen molar-refractivity contribution in [3.63, 3.8) is 0 Å². The maximum absolute atomic E-state index is 12.5. The van der Waals surface area contributed by atoms with Gasteiger partial charge in [0.15, 0.2) is 0 Å². The number of unbranched alkanes of at least 4 members (excludes halogenated alkanes) is 36. The number of esters is 1. The van der Waals surface area contributed by atoms with Crippen molar-refractivity contribution in [2.75, 3.05) is 33.3 Å². The summed E-state index contributed by atoms with van der Waals surface area (Å²) in [6, 6.07) is 0. The Balaban J connectivity index is 4.14. The zero-order valence-corrected chi connectivity index (χ0v) is 36.9. The molecule has 0 unspecified atom stereocenters. The van der Waals surface area contributed by atoms with E-state index in [1.54, 1.807) is 0 Å². The van der Waals surface area contributed by atoms with Gasteiger partial charge >= 0.3 is 5.97 Å². The second kappa shape index (κ2) is 43.2. The number of hydrogen-bond acceptors (Lipinski definition) is 2. The molecule has 52 heavy (non-hydrogen) atoms. The summed E-state index contributed by atoms with van der Waals surface area (Å²) in [7, 11) is 2.44. The summed E-state index contributed by atoms with van der Waals surface area (Å²) in [5, 5.41) is 0. The van der Waals surface area contributed by atoms with E-state index in [9.17, 15) is 4.79 Å². The normalized spacial score (nSPS) is 11.8. The van der Waals surface area contributed by atoms with Crippen molar-refractivity contribution >= 4 is 5.97 Å². The maximum atomic E-state index is 12.5. The molecule has 3 heteroatoms. The van der Waals surface area contributed by atoms with E-state index in [2.05, 4.69) is 27.8 Å². The molecule has 0 saturated carbocycles. The van der Waals surface area contributed by atoms with Gasteiger partial charge < -0.3 is 9.22 Å². The van der Waals surface area contributed by atoms with Crippen molar-refractivity contribution in [2.45, 2.75) is 278 Å². The molecule has 0 amide bonds. The monoisotopic (exact) mass is 735 g/mol. The number of carbonyl (C=O) groups excluding carboxylic acids is 1. The molecule has 0 aliphatic heterocycles. The molecule has 0 rings (SSSR count). The van der Waals surface area contributed by atoms with E-state index < -0.39 is 0 Å². The quantitative estimate of drug-likeness (QED) is 0.0354. The second-order valence-corrected chi connectivity index (χ2v) is 17.5. The van der Waals surface area contributed by atoms with E-state index in [4.69, 9.17) is 4.74 Å². The fraction of sp³-hybridized carbons (Fsp3) is 0.980. The van der Waals surface area contributed by atoms with Gasteiger partial charge in [-0.3, -0.25) is 4.79 Å². The van der Waals surface area contributed by atoms with Crippen LogP contribution in [0.2, 0.25) is 0 Å². The van der Waals surface area contributed by atoms with Gasteiger partial charge in [0, 0.05) is 6.42 Å². The third-order valence-corrected chi connectivity index (χ3v) is 12.0. The fourth-order valence-electron chi connectivity index (χ4n) is 8.10. The summed E-state index contributed by atoms with van der Waals surface area (Å²) < 4.78 is 6.88. The third-order valence-electron chi connectivity index (χ3n) is 12.0. The zero-order chi connectivity index (χ0) is 37.9. The molecule has 0 bridgehead atoms. The zero-order valence-electron chi connectivity index (χ0n) is 36.9. The van der Waals surface area contributed by atoms with Gasteiger partial charge in [0.25, 0.3) is 0 Å². The Kier molecular flexibility index (Phi) is 42.7. The van der Waals surface area contributed by atoms with Crippen LogP contribution < -0.4 is 0 Å². The molecular formula is C49H100NO2+. The lowest BCUT2D eigenvalue weighted by molar-refractivity contribution is -0.910. The SMILES string of the molecule is CCCCCCCCCCCCCCCCCC[N+](C)(CCCCCCCCCCCCCCCCCC)CCOC(=O)CCCCCCCCC. The van der Waals surface area contributed by atoms with Gasteiger partial charge in [-0.05, 0) is 32.1 Å². The number of likely N-dealkylation sites (N-methyl/N-ethyl adjacent to an activating group) is 1. The van der Waals surface area contributed by atoms with Crippen molar-refractivity contribution in [1.82, 2.24) is 0 Å². The summed E-state index contributed by atoms with van der Waals surface area (Å²) in [4.78, 5) is 12.5. The molecular weight excluding hydrogens is 635 g/mol. The molecule has 0 aliphatic rings. The standard InChI is InChI=1S/C49H100NO2/c1-5-8-11-14-17-19-21-23-25-27-29-31-33-36-39-42-45-50(4,47-48-52-49(51)44-41-38-35-16-13-10-7-3)46-43-40-37-34-32-30-28-26-24-22-20-18-15-12-9-6-2/h5-48H2,1-4H3/q+1. The molecule has 0 saturated heterocycles. The minimum absolute atomic E-state index is 0.0323. The number of quaternary nitrogens is 1. The van der Waals surface area contributed by atoms with Gasteiger partial charge in [-0.2, -0.15) is 0 Å². The van der Waals surface area contributed by atoms with E-state index in [-0.39, 0.29) is 5.97 Å². The van der Waals surface area contributed by atoms with Crippen LogP contribution in [0.25, 0.3) is 0 Å². The smallest absolute Gasteiger partial charge is 0.305 e. The van der Waals surface area contributed by atoms with Gasteiger partial charge in [-0.25, -0.2) is 0 Å². The molecule has 0 aromatic rings. The van der Waals surface area contributed by atoms with Crippen LogP contribution in [-0.4, -0.2) is 43.7 Å². The summed E-state index contributed by atoms with van der Waals surface area (Å²) in [6.45, 7) is 10.9. The molecule has 0 heterocycles. The predicted molar refractivity (Wildman–Crippen MR) is 233 cm³/mol. The summed E-state index contributed by atoms with van der Waals surface area (Å²) in [5.74, 6) is 0.0323. The van der Waals surface area contributed by atoms with Crippen molar-refractivity contribution in [1.29, 1.82) is 0 Å². The van der Waals surface area contributed by atoms with Crippen molar-refractivity contribution in [3.05, 3.63) is 0 Å². The van der Waals surface area contributed by atoms with E-state index in [1.807, 2.05) is 0 Å². The highest BCUT2D eigenvalue weighted by Gasteiger charge is 2.21. The highest BCUT2D eigenvalue weighted by molar-refractivity contribution is 5.69. The Morgan fingerprint density at radius 3 is 0.827 bits per heavy atom. The first kappa shape index (κ1) is 51.4. The molecule has 0 fully saturated rings. The Morgan fingerprint density at radius 2 is 0.558 bits per heavy atom. The van der Waals surface area contributed by atoms with E-state index in [1.165, 1.54) is 257 Å². The number of ether oxygens (including phenoxy) is 1. The first-order valence-electron chi connectivity index (χ1n) is 24.6. The lowest BCUT2D eigenvalue weighted by atomic mass is 10.0. The average molecular weight is 735 g/mol. The van der Waals surface area contributed by atoms with Gasteiger partial charge in [0.05, 0.1) is 20.1 Å². The molecule has 0 atom stereocenters. The molecule has 0 spiro atoms. The van der Waals surface area contributed by atoms with Gasteiger partial charge in [0.2, 0.25) is 0 Å². The first-order valence-corrected chi connectivity index (χ1v) is 24.6. The Bertz CT molecular complexity index is 642. The molecule has 0 radical (unpaired) electrons. The molecule has 312 valence electrons. The topological polar surface area (TPSA) is 26.3 Å². The van der Waals surface area contributed by atoms with E-state index in [0.717, 1.165) is 17.4 Å². The summed E-state index contributed by atoms with van der Waals surface area (Å²) in [5.41, 5.74) is 0.